The molecule has 0 unspecified atom stereocenters. The third-order valence-corrected chi connectivity index (χ3v) is 8.93. The van der Waals surface area contributed by atoms with Crippen molar-refractivity contribution in [3.63, 3.8) is 0 Å². The van der Waals surface area contributed by atoms with Crippen molar-refractivity contribution in [1.82, 2.24) is 0 Å². The molecule has 0 aliphatic heterocycles. The molecule has 0 aromatic heterocycles. The van der Waals surface area contributed by atoms with Crippen LogP contribution in [-0.4, -0.2) is 27.6 Å². The summed E-state index contributed by atoms with van der Waals surface area (Å²) in [6.07, 6.45) is 5.82. The zero-order valence-electron chi connectivity index (χ0n) is 14.1. The van der Waals surface area contributed by atoms with Crippen LogP contribution in [0.1, 0.15) is 58.8 Å². The number of aliphatic hydroxyl groups excluding tert-OH is 1. The van der Waals surface area contributed by atoms with Gasteiger partial charge in [-0.1, -0.05) is 29.8 Å². The number of carbonyl (C=O) groups is 2. The largest absolute Gasteiger partial charge is 0.393 e. The van der Waals surface area contributed by atoms with Crippen molar-refractivity contribution >= 4 is 27.5 Å². The summed E-state index contributed by atoms with van der Waals surface area (Å²) in [5.74, 6) is 1.72. The molecular formula is C19H27BrO3. The third kappa shape index (κ3) is 2.09. The molecule has 23 heavy (non-hydrogen) atoms. The van der Waals surface area contributed by atoms with Crippen LogP contribution in [0, 0.1) is 34.5 Å². The predicted octanol–water partition coefficient (Wildman–Crippen LogP) is 3.51. The van der Waals surface area contributed by atoms with E-state index in [1.807, 2.05) is 0 Å². The number of rotatable bonds is 0. The highest BCUT2D eigenvalue weighted by Gasteiger charge is 2.64. The Morgan fingerprint density at radius 2 is 1.83 bits per heavy atom. The Balaban J connectivity index is 1.71. The van der Waals surface area contributed by atoms with E-state index < -0.39 is 0 Å². The number of fused-ring (bicyclic) bond motifs is 5. The zero-order valence-corrected chi connectivity index (χ0v) is 15.6. The van der Waals surface area contributed by atoms with Crippen LogP contribution >= 0.6 is 15.9 Å². The van der Waals surface area contributed by atoms with Gasteiger partial charge in [0, 0.05) is 17.8 Å². The molecule has 0 saturated heterocycles. The molecule has 4 saturated carbocycles. The molecule has 0 amide bonds. The van der Waals surface area contributed by atoms with E-state index in [1.165, 1.54) is 0 Å². The van der Waals surface area contributed by atoms with Gasteiger partial charge in [-0.25, -0.2) is 0 Å². The lowest BCUT2D eigenvalue weighted by molar-refractivity contribution is -0.160. The first-order chi connectivity index (χ1) is 10.8. The number of aliphatic hydroxyl groups is 1. The van der Waals surface area contributed by atoms with Crippen molar-refractivity contribution in [3.8, 4) is 0 Å². The summed E-state index contributed by atoms with van der Waals surface area (Å²) in [7, 11) is 0. The second-order valence-electron chi connectivity index (χ2n) is 9.06. The molecule has 4 aliphatic rings. The summed E-state index contributed by atoms with van der Waals surface area (Å²) in [6.45, 7) is 4.46. The van der Waals surface area contributed by atoms with Crippen LogP contribution in [0.5, 0.6) is 0 Å². The first-order valence-corrected chi connectivity index (χ1v) is 10.1. The van der Waals surface area contributed by atoms with Crippen molar-refractivity contribution in [2.45, 2.75) is 69.7 Å². The molecule has 1 N–H and O–H groups in total. The van der Waals surface area contributed by atoms with Crippen LogP contribution in [0.3, 0.4) is 0 Å². The lowest BCUT2D eigenvalue weighted by Crippen LogP contribution is -2.57. The van der Waals surface area contributed by atoms with Crippen LogP contribution in [0.25, 0.3) is 0 Å². The molecule has 128 valence electrons. The minimum absolute atomic E-state index is 0.0664. The first-order valence-electron chi connectivity index (χ1n) is 9.16. The van der Waals surface area contributed by atoms with Gasteiger partial charge in [-0.3, -0.25) is 9.59 Å². The van der Waals surface area contributed by atoms with Gasteiger partial charge < -0.3 is 5.11 Å². The summed E-state index contributed by atoms with van der Waals surface area (Å²) >= 11 is 3.56. The van der Waals surface area contributed by atoms with Gasteiger partial charge in [0.15, 0.2) is 5.78 Å². The number of hydrogen-bond donors (Lipinski definition) is 1. The Morgan fingerprint density at radius 1 is 1.09 bits per heavy atom. The Kier molecular flexibility index (Phi) is 3.63. The molecule has 4 heteroatoms. The first kappa shape index (κ1) is 16.3. The van der Waals surface area contributed by atoms with E-state index in [4.69, 9.17) is 0 Å². The van der Waals surface area contributed by atoms with Crippen molar-refractivity contribution < 1.29 is 14.7 Å². The average Bonchev–Trinajstić information content (AvgIpc) is 2.73. The van der Waals surface area contributed by atoms with E-state index in [1.54, 1.807) is 0 Å². The van der Waals surface area contributed by atoms with Crippen molar-refractivity contribution in [1.29, 1.82) is 0 Å². The summed E-state index contributed by atoms with van der Waals surface area (Å²) in [5.41, 5.74) is -0.130. The molecule has 4 aliphatic carbocycles. The van der Waals surface area contributed by atoms with Gasteiger partial charge in [-0.2, -0.15) is 0 Å². The van der Waals surface area contributed by atoms with Crippen LogP contribution in [0.2, 0.25) is 0 Å². The van der Waals surface area contributed by atoms with Crippen LogP contribution in [-0.2, 0) is 9.59 Å². The fraction of sp³-hybridized carbons (Fsp3) is 0.895. The van der Waals surface area contributed by atoms with E-state index >= 15 is 0 Å². The summed E-state index contributed by atoms with van der Waals surface area (Å²) in [5, 5.41) is 10.0. The van der Waals surface area contributed by atoms with Gasteiger partial charge in [0.05, 0.1) is 10.9 Å². The molecule has 0 bridgehead atoms. The van der Waals surface area contributed by atoms with E-state index in [9.17, 15) is 14.7 Å². The normalized spacial score (nSPS) is 56.0. The lowest BCUT2D eigenvalue weighted by Gasteiger charge is -2.59. The summed E-state index contributed by atoms with van der Waals surface area (Å²) in [6, 6.07) is 0. The second-order valence-corrected chi connectivity index (χ2v) is 10.2. The standard InChI is InChI=1S/C19H27BrO3/c1-18-5-3-11(21)7-10(18)8-15(22)16-12(18)4-6-19(2)13(16)9-14(20)17(19)23/h10-14,16,21H,3-9H2,1-2H3/t10-,11-,12+,13+,14-,16-,18+,19+/m1/s1. The summed E-state index contributed by atoms with van der Waals surface area (Å²) in [4.78, 5) is 25.6. The smallest absolute Gasteiger partial charge is 0.152 e. The SMILES string of the molecule is C[C@]12CC[C@@H](O)C[C@@H]1CC(=O)[C@@H]1[C@@H]2CC[C@]2(C)C(=O)[C@H](Br)C[C@@H]12. The summed E-state index contributed by atoms with van der Waals surface area (Å²) < 4.78 is 0. The molecule has 4 rings (SSSR count). The van der Waals surface area contributed by atoms with Crippen molar-refractivity contribution in [2.75, 3.05) is 0 Å². The van der Waals surface area contributed by atoms with Gasteiger partial charge in [-0.05, 0) is 61.7 Å². The molecule has 0 heterocycles. The highest BCUT2D eigenvalue weighted by Crippen LogP contribution is 2.65. The second kappa shape index (κ2) is 5.14. The van der Waals surface area contributed by atoms with Gasteiger partial charge in [0.1, 0.15) is 5.78 Å². The molecule has 0 aromatic rings. The molecule has 4 fully saturated rings. The minimum atomic E-state index is -0.303. The average molecular weight is 383 g/mol. The number of halogens is 1. The van der Waals surface area contributed by atoms with Crippen molar-refractivity contribution in [3.05, 3.63) is 0 Å². The number of ketones is 2. The Labute approximate surface area is 146 Å². The van der Waals surface area contributed by atoms with Gasteiger partial charge in [0.2, 0.25) is 0 Å². The van der Waals surface area contributed by atoms with E-state index in [2.05, 4.69) is 29.8 Å². The van der Waals surface area contributed by atoms with Gasteiger partial charge >= 0.3 is 0 Å². The number of Topliss-reactive ketones (excluding diaryl/α,β-unsaturated/α-hetero) is 2. The van der Waals surface area contributed by atoms with E-state index in [0.29, 0.717) is 29.8 Å². The molecule has 3 nitrogen and oxygen atoms in total. The van der Waals surface area contributed by atoms with Gasteiger partial charge in [-0.15, -0.1) is 0 Å². The topological polar surface area (TPSA) is 54.4 Å². The maximum absolute atomic E-state index is 13.0. The molecular weight excluding hydrogens is 356 g/mol. The van der Waals surface area contributed by atoms with Gasteiger partial charge in [0.25, 0.3) is 0 Å². The molecule has 8 atom stereocenters. The minimum Gasteiger partial charge on any atom is -0.393 e. The highest BCUT2D eigenvalue weighted by molar-refractivity contribution is 9.10. The van der Waals surface area contributed by atoms with Crippen LogP contribution in [0.15, 0.2) is 0 Å². The highest BCUT2D eigenvalue weighted by atomic mass is 79.9. The van der Waals surface area contributed by atoms with E-state index in [-0.39, 0.29) is 33.6 Å². The predicted molar refractivity (Wildman–Crippen MR) is 91.2 cm³/mol. The molecule has 0 spiro atoms. The number of carbonyl (C=O) groups excluding carboxylic acids is 2. The Bertz CT molecular complexity index is 561. The maximum Gasteiger partial charge on any atom is 0.152 e. The van der Waals surface area contributed by atoms with Crippen LogP contribution < -0.4 is 0 Å². The monoisotopic (exact) mass is 382 g/mol. The molecule has 0 aromatic carbocycles. The maximum atomic E-state index is 13.0. The third-order valence-electron chi connectivity index (χ3n) is 8.14. The zero-order chi connectivity index (χ0) is 16.6. The van der Waals surface area contributed by atoms with E-state index in [0.717, 1.165) is 38.5 Å². The molecule has 0 radical (unpaired) electrons. The number of alkyl halides is 1. The lowest BCUT2D eigenvalue weighted by atomic mass is 9.45. The number of hydrogen-bond acceptors (Lipinski definition) is 3. The Hall–Kier alpha value is -0.220. The quantitative estimate of drug-likeness (QED) is 0.652. The fourth-order valence-corrected chi connectivity index (χ4v) is 7.59. The fourth-order valence-electron chi connectivity index (χ4n) is 6.67. The van der Waals surface area contributed by atoms with Crippen molar-refractivity contribution in [2.24, 2.45) is 34.5 Å². The van der Waals surface area contributed by atoms with Crippen LogP contribution in [0.4, 0.5) is 0 Å². The Morgan fingerprint density at radius 3 is 2.57 bits per heavy atom.